The van der Waals surface area contributed by atoms with Gasteiger partial charge < -0.3 is 15.5 Å². The fourth-order valence-electron chi connectivity index (χ4n) is 4.03. The number of benzene rings is 2. The van der Waals surface area contributed by atoms with Crippen LogP contribution in [0.4, 0.5) is 0 Å². The van der Waals surface area contributed by atoms with Crippen molar-refractivity contribution in [2.24, 2.45) is 10.9 Å². The van der Waals surface area contributed by atoms with Crippen molar-refractivity contribution in [1.82, 2.24) is 15.5 Å². The van der Waals surface area contributed by atoms with E-state index in [1.54, 1.807) is 18.0 Å². The number of thiocarbonyl (C=S) groups is 1. The molecule has 2 aliphatic rings. The minimum atomic E-state index is -0.893. The molecular weight excluding hydrogens is 555 g/mol. The second-order valence-corrected chi connectivity index (χ2v) is 10.2. The summed E-state index contributed by atoms with van der Waals surface area (Å²) in [6.45, 7) is 0.623. The molecule has 176 valence electrons. The Bertz CT molecular complexity index is 1180. The number of nitrogens with one attached hydrogen (secondary N) is 2. The third-order valence-electron chi connectivity index (χ3n) is 5.80. The van der Waals surface area contributed by atoms with Crippen LogP contribution in [0.1, 0.15) is 11.1 Å². The monoisotopic (exact) mass is 576 g/mol. The summed E-state index contributed by atoms with van der Waals surface area (Å²) in [6.07, 6.45) is 5.54. The SMILES string of the molecule is CN1C(=O)C(NC(=S)NCCc2ccc(Br)cc2)N=C(c2ccccc2Cl)C2C=C(Cl)C=CC21. The first-order valence-electron chi connectivity index (χ1n) is 10.8. The fourth-order valence-corrected chi connectivity index (χ4v) is 4.94. The van der Waals surface area contributed by atoms with Gasteiger partial charge in [0.25, 0.3) is 5.91 Å². The molecule has 1 heterocycles. The highest BCUT2D eigenvalue weighted by Crippen LogP contribution is 2.32. The van der Waals surface area contributed by atoms with E-state index in [1.807, 2.05) is 48.6 Å². The predicted molar refractivity (Wildman–Crippen MR) is 146 cm³/mol. The Morgan fingerprint density at radius 1 is 1.18 bits per heavy atom. The average molecular weight is 578 g/mol. The maximum absolute atomic E-state index is 13.4. The molecule has 3 atom stereocenters. The van der Waals surface area contributed by atoms with E-state index in [9.17, 15) is 4.79 Å². The van der Waals surface area contributed by atoms with E-state index >= 15 is 0 Å². The lowest BCUT2D eigenvalue weighted by molar-refractivity contribution is -0.132. The Morgan fingerprint density at radius 3 is 2.65 bits per heavy atom. The van der Waals surface area contributed by atoms with Crippen LogP contribution in [0.15, 0.2) is 81.3 Å². The van der Waals surface area contributed by atoms with Crippen LogP contribution in [0, 0.1) is 5.92 Å². The number of amides is 1. The number of carbonyl (C=O) groups is 1. The number of nitrogens with zero attached hydrogens (tertiary/aromatic N) is 2. The summed E-state index contributed by atoms with van der Waals surface area (Å²) in [6, 6.07) is 15.4. The van der Waals surface area contributed by atoms with Crippen molar-refractivity contribution in [2.45, 2.75) is 18.6 Å². The summed E-state index contributed by atoms with van der Waals surface area (Å²) in [5, 5.41) is 7.79. The molecule has 34 heavy (non-hydrogen) atoms. The van der Waals surface area contributed by atoms with Gasteiger partial charge in [0.05, 0.1) is 11.8 Å². The number of fused-ring (bicyclic) bond motifs is 1. The highest BCUT2D eigenvalue weighted by molar-refractivity contribution is 9.10. The second-order valence-electron chi connectivity index (χ2n) is 8.05. The highest BCUT2D eigenvalue weighted by atomic mass is 79.9. The maximum atomic E-state index is 13.4. The van der Waals surface area contributed by atoms with Crippen molar-refractivity contribution < 1.29 is 4.79 Å². The predicted octanol–water partition coefficient (Wildman–Crippen LogP) is 5.07. The van der Waals surface area contributed by atoms with Gasteiger partial charge >= 0.3 is 0 Å². The number of halogens is 3. The standard InChI is InChI=1S/C25H23BrCl2N4OS/c1-32-21-11-10-17(27)14-19(21)22(18-4-2-3-5-20(18)28)30-23(24(32)33)31-25(34)29-13-12-15-6-8-16(26)9-7-15/h2-11,14,19,21,23H,12-13H2,1H3,(H2,29,31,34). The Balaban J connectivity index is 1.56. The molecule has 1 aliphatic carbocycles. The van der Waals surface area contributed by atoms with E-state index in [-0.39, 0.29) is 17.9 Å². The van der Waals surface area contributed by atoms with Gasteiger partial charge in [0.1, 0.15) is 0 Å². The Morgan fingerprint density at radius 2 is 1.91 bits per heavy atom. The first kappa shape index (κ1) is 24.9. The molecule has 2 aromatic carbocycles. The van der Waals surface area contributed by atoms with Crippen LogP contribution in [0.2, 0.25) is 5.02 Å². The number of allylic oxidation sites excluding steroid dienone is 2. The van der Waals surface area contributed by atoms with Crippen LogP contribution in [0.5, 0.6) is 0 Å². The summed E-state index contributed by atoms with van der Waals surface area (Å²) >= 11 is 21.8. The van der Waals surface area contributed by atoms with Gasteiger partial charge in [-0.2, -0.15) is 0 Å². The van der Waals surface area contributed by atoms with Crippen molar-refractivity contribution in [3.05, 3.63) is 92.4 Å². The summed E-state index contributed by atoms with van der Waals surface area (Å²) in [5.41, 5.74) is 2.63. The molecule has 2 aromatic rings. The molecule has 2 N–H and O–H groups in total. The summed E-state index contributed by atoms with van der Waals surface area (Å²) in [4.78, 5) is 19.9. The van der Waals surface area contributed by atoms with Gasteiger partial charge in [-0.1, -0.05) is 81.6 Å². The van der Waals surface area contributed by atoms with Crippen molar-refractivity contribution in [1.29, 1.82) is 0 Å². The zero-order chi connectivity index (χ0) is 24.2. The maximum Gasteiger partial charge on any atom is 0.268 e. The summed E-state index contributed by atoms with van der Waals surface area (Å²) < 4.78 is 1.04. The molecule has 1 aliphatic heterocycles. The number of likely N-dealkylation sites (N-methyl/N-ethyl adjacent to an activating group) is 1. The number of rotatable bonds is 5. The zero-order valence-electron chi connectivity index (χ0n) is 18.3. The van der Waals surface area contributed by atoms with E-state index in [1.165, 1.54) is 5.56 Å². The number of hydrogen-bond acceptors (Lipinski definition) is 3. The smallest absolute Gasteiger partial charge is 0.268 e. The first-order chi connectivity index (χ1) is 16.3. The van der Waals surface area contributed by atoms with E-state index in [4.69, 9.17) is 40.4 Å². The molecular formula is C25H23BrCl2N4OS. The Labute approximate surface area is 223 Å². The van der Waals surface area contributed by atoms with Crippen molar-refractivity contribution in [2.75, 3.05) is 13.6 Å². The average Bonchev–Trinajstić information content (AvgIpc) is 2.91. The van der Waals surface area contributed by atoms with Gasteiger partial charge in [-0.05, 0) is 48.5 Å². The van der Waals surface area contributed by atoms with Gasteiger partial charge in [-0.15, -0.1) is 0 Å². The Kier molecular flexibility index (Phi) is 8.09. The summed E-state index contributed by atoms with van der Waals surface area (Å²) in [7, 11) is 1.77. The van der Waals surface area contributed by atoms with Gasteiger partial charge in [0.2, 0.25) is 6.17 Å². The number of aliphatic imine (C=N–C) groups is 1. The Hall–Kier alpha value is -2.19. The van der Waals surface area contributed by atoms with Crippen LogP contribution in [0.3, 0.4) is 0 Å². The van der Waals surface area contributed by atoms with E-state index < -0.39 is 6.17 Å². The minimum Gasteiger partial charge on any atom is -0.362 e. The molecule has 3 unspecified atom stereocenters. The van der Waals surface area contributed by atoms with Crippen LogP contribution in [-0.2, 0) is 11.2 Å². The number of carbonyl (C=O) groups excluding carboxylic acids is 1. The van der Waals surface area contributed by atoms with Crippen molar-refractivity contribution >= 4 is 68.1 Å². The van der Waals surface area contributed by atoms with Crippen LogP contribution < -0.4 is 10.6 Å². The normalized spacial score (nSPS) is 21.8. The topological polar surface area (TPSA) is 56.7 Å². The van der Waals surface area contributed by atoms with Crippen molar-refractivity contribution in [3.63, 3.8) is 0 Å². The second kappa shape index (κ2) is 11.0. The first-order valence-corrected chi connectivity index (χ1v) is 12.7. The molecule has 0 saturated carbocycles. The molecule has 9 heteroatoms. The fraction of sp³-hybridized carbons (Fsp3) is 0.240. The van der Waals surface area contributed by atoms with Crippen molar-refractivity contribution in [3.8, 4) is 0 Å². The van der Waals surface area contributed by atoms with Gasteiger partial charge in [0.15, 0.2) is 5.11 Å². The molecule has 1 amide bonds. The lowest BCUT2D eigenvalue weighted by Gasteiger charge is -2.32. The third-order valence-corrected chi connectivity index (χ3v) is 7.17. The van der Waals surface area contributed by atoms with Crippen LogP contribution in [-0.4, -0.2) is 47.4 Å². The molecule has 0 aromatic heterocycles. The molecule has 0 fully saturated rings. The van der Waals surface area contributed by atoms with Crippen LogP contribution in [0.25, 0.3) is 0 Å². The minimum absolute atomic E-state index is 0.190. The van der Waals surface area contributed by atoms with E-state index in [2.05, 4.69) is 38.7 Å². The number of hydrogen-bond donors (Lipinski definition) is 2. The lowest BCUT2D eigenvalue weighted by Crippen LogP contribution is -2.51. The van der Waals surface area contributed by atoms with Gasteiger partial charge in [-0.25, -0.2) is 0 Å². The largest absolute Gasteiger partial charge is 0.362 e. The molecule has 0 saturated heterocycles. The summed E-state index contributed by atoms with van der Waals surface area (Å²) in [5.74, 6) is -0.428. The molecule has 0 spiro atoms. The van der Waals surface area contributed by atoms with E-state index in [0.29, 0.717) is 27.4 Å². The molecule has 4 rings (SSSR count). The highest BCUT2D eigenvalue weighted by Gasteiger charge is 2.38. The zero-order valence-corrected chi connectivity index (χ0v) is 22.3. The lowest BCUT2D eigenvalue weighted by atomic mass is 9.86. The van der Waals surface area contributed by atoms with E-state index in [0.717, 1.165) is 16.5 Å². The quantitative estimate of drug-likeness (QED) is 0.487. The van der Waals surface area contributed by atoms with Gasteiger partial charge in [0, 0.05) is 39.6 Å². The van der Waals surface area contributed by atoms with Gasteiger partial charge in [-0.3, -0.25) is 9.79 Å². The molecule has 0 bridgehead atoms. The van der Waals surface area contributed by atoms with Crippen LogP contribution >= 0.6 is 51.3 Å². The third kappa shape index (κ3) is 5.71. The molecule has 0 radical (unpaired) electrons. The molecule has 5 nitrogen and oxygen atoms in total.